The summed E-state index contributed by atoms with van der Waals surface area (Å²) in [6.45, 7) is 2.81. The van der Waals surface area contributed by atoms with Gasteiger partial charge in [0.15, 0.2) is 0 Å². The highest BCUT2D eigenvalue weighted by molar-refractivity contribution is 5.99. The summed E-state index contributed by atoms with van der Waals surface area (Å²) in [5, 5.41) is 0. The van der Waals surface area contributed by atoms with Crippen LogP contribution in [0.5, 0.6) is 0 Å². The molecule has 3 amide bonds. The second kappa shape index (κ2) is 6.57. The third-order valence-corrected chi connectivity index (χ3v) is 5.46. The molecule has 2 fully saturated rings. The maximum atomic E-state index is 12.7. The molecule has 2 saturated heterocycles. The molecule has 1 aromatic heterocycles. The van der Waals surface area contributed by atoms with E-state index >= 15 is 0 Å². The maximum Gasteiger partial charge on any atom is 0.257 e. The van der Waals surface area contributed by atoms with Gasteiger partial charge in [0.25, 0.3) is 5.91 Å². The quantitative estimate of drug-likeness (QED) is 0.811. The zero-order valence-corrected chi connectivity index (χ0v) is 15.1. The summed E-state index contributed by atoms with van der Waals surface area (Å²) in [5.74, 6) is -0.373. The number of carbonyl (C=O) groups is 3. The van der Waals surface area contributed by atoms with Gasteiger partial charge in [-0.25, -0.2) is 0 Å². The highest BCUT2D eigenvalue weighted by Crippen LogP contribution is 2.35. The minimum Gasteiger partial charge on any atom is -0.472 e. The van der Waals surface area contributed by atoms with Crippen molar-refractivity contribution in [3.05, 3.63) is 54.5 Å². The molecule has 0 bridgehead atoms. The Bertz CT molecular complexity index is 865. The standard InChI is InChI=1S/C20H21N3O4/c1-15(24)23-11-18(25)22(17-5-3-2-4-6-17)14-20(23)8-9-21(13-20)19(26)16-7-10-27-12-16/h2-7,10,12H,8-9,11,13-14H2,1H3/t20-/m1/s1. The fourth-order valence-corrected chi connectivity index (χ4v) is 4.09. The number of nitrogens with zero attached hydrogens (tertiary/aromatic N) is 3. The fraction of sp³-hybridized carbons (Fsp3) is 0.350. The third-order valence-electron chi connectivity index (χ3n) is 5.46. The van der Waals surface area contributed by atoms with E-state index in [1.54, 1.807) is 20.8 Å². The number of anilines is 1. The van der Waals surface area contributed by atoms with E-state index in [2.05, 4.69) is 0 Å². The van der Waals surface area contributed by atoms with Gasteiger partial charge in [-0.3, -0.25) is 14.4 Å². The number of carbonyl (C=O) groups excluding carboxylic acids is 3. The topological polar surface area (TPSA) is 74.1 Å². The van der Waals surface area contributed by atoms with Crippen molar-refractivity contribution in [3.63, 3.8) is 0 Å². The lowest BCUT2D eigenvalue weighted by atomic mass is 9.91. The number of piperazine rings is 1. The van der Waals surface area contributed by atoms with Crippen LogP contribution in [-0.2, 0) is 9.59 Å². The minimum atomic E-state index is -0.574. The van der Waals surface area contributed by atoms with Crippen molar-refractivity contribution in [1.82, 2.24) is 9.80 Å². The molecule has 7 heteroatoms. The Labute approximate surface area is 157 Å². The number of furan rings is 1. The lowest BCUT2D eigenvalue weighted by molar-refractivity contribution is -0.142. The Balaban J connectivity index is 1.63. The van der Waals surface area contributed by atoms with Crippen LogP contribution >= 0.6 is 0 Å². The first-order valence-electron chi connectivity index (χ1n) is 8.95. The molecule has 0 saturated carbocycles. The van der Waals surface area contributed by atoms with Crippen molar-refractivity contribution < 1.29 is 18.8 Å². The molecule has 0 N–H and O–H groups in total. The van der Waals surface area contributed by atoms with Gasteiger partial charge in [0, 0.05) is 25.7 Å². The Kier molecular flexibility index (Phi) is 4.22. The predicted octanol–water partition coefficient (Wildman–Crippen LogP) is 1.76. The van der Waals surface area contributed by atoms with Gasteiger partial charge < -0.3 is 19.1 Å². The van der Waals surface area contributed by atoms with Crippen LogP contribution in [0.3, 0.4) is 0 Å². The number of benzene rings is 1. The van der Waals surface area contributed by atoms with Gasteiger partial charge >= 0.3 is 0 Å². The zero-order valence-electron chi connectivity index (χ0n) is 15.1. The van der Waals surface area contributed by atoms with E-state index in [1.165, 1.54) is 19.5 Å². The number of rotatable bonds is 2. The molecule has 2 aliphatic heterocycles. The fourth-order valence-electron chi connectivity index (χ4n) is 4.09. The smallest absolute Gasteiger partial charge is 0.257 e. The average molecular weight is 367 g/mol. The van der Waals surface area contributed by atoms with Crippen molar-refractivity contribution in [2.45, 2.75) is 18.9 Å². The molecule has 7 nitrogen and oxygen atoms in total. The number of likely N-dealkylation sites (tertiary alicyclic amines) is 1. The molecule has 2 aliphatic rings. The van der Waals surface area contributed by atoms with Crippen LogP contribution < -0.4 is 4.90 Å². The van der Waals surface area contributed by atoms with Gasteiger partial charge in [-0.2, -0.15) is 0 Å². The third kappa shape index (κ3) is 2.99. The van der Waals surface area contributed by atoms with Crippen molar-refractivity contribution in [1.29, 1.82) is 0 Å². The van der Waals surface area contributed by atoms with Crippen molar-refractivity contribution in [2.75, 3.05) is 31.1 Å². The summed E-state index contributed by atoms with van der Waals surface area (Å²) < 4.78 is 5.02. The van der Waals surface area contributed by atoms with E-state index in [1.807, 2.05) is 30.3 Å². The first-order valence-corrected chi connectivity index (χ1v) is 8.95. The van der Waals surface area contributed by atoms with E-state index in [-0.39, 0.29) is 24.3 Å². The molecule has 1 spiro atoms. The summed E-state index contributed by atoms with van der Waals surface area (Å²) >= 11 is 0. The second-order valence-corrected chi connectivity index (χ2v) is 7.13. The molecule has 2 aromatic rings. The van der Waals surface area contributed by atoms with Gasteiger partial charge in [-0.15, -0.1) is 0 Å². The van der Waals surface area contributed by atoms with Crippen LogP contribution in [-0.4, -0.2) is 59.2 Å². The number of hydrogen-bond acceptors (Lipinski definition) is 4. The first kappa shape index (κ1) is 17.3. The highest BCUT2D eigenvalue weighted by atomic mass is 16.3. The maximum absolute atomic E-state index is 12.7. The Morgan fingerprint density at radius 1 is 1.11 bits per heavy atom. The highest BCUT2D eigenvalue weighted by Gasteiger charge is 2.51. The number of para-hydroxylation sites is 1. The lowest BCUT2D eigenvalue weighted by Crippen LogP contribution is -2.67. The normalized spacial score (nSPS) is 22.6. The van der Waals surface area contributed by atoms with E-state index in [0.29, 0.717) is 31.6 Å². The molecular formula is C20H21N3O4. The molecule has 140 valence electrons. The number of hydrogen-bond donors (Lipinski definition) is 0. The largest absolute Gasteiger partial charge is 0.472 e. The summed E-state index contributed by atoms with van der Waals surface area (Å²) in [4.78, 5) is 42.8. The summed E-state index contributed by atoms with van der Waals surface area (Å²) in [7, 11) is 0. The van der Waals surface area contributed by atoms with Gasteiger partial charge in [0.1, 0.15) is 12.8 Å². The monoisotopic (exact) mass is 367 g/mol. The van der Waals surface area contributed by atoms with Crippen LogP contribution in [0, 0.1) is 0 Å². The van der Waals surface area contributed by atoms with Crippen LogP contribution in [0.2, 0.25) is 0 Å². The Morgan fingerprint density at radius 3 is 2.56 bits per heavy atom. The molecule has 3 heterocycles. The molecular weight excluding hydrogens is 346 g/mol. The molecule has 1 atom stereocenters. The van der Waals surface area contributed by atoms with Gasteiger partial charge in [-0.1, -0.05) is 18.2 Å². The van der Waals surface area contributed by atoms with E-state index in [4.69, 9.17) is 4.42 Å². The molecule has 0 unspecified atom stereocenters. The van der Waals surface area contributed by atoms with Gasteiger partial charge in [0.05, 0.1) is 23.9 Å². The van der Waals surface area contributed by atoms with Crippen LogP contribution in [0.25, 0.3) is 0 Å². The summed E-state index contributed by atoms with van der Waals surface area (Å²) in [5.41, 5.74) is 0.729. The van der Waals surface area contributed by atoms with E-state index in [9.17, 15) is 14.4 Å². The van der Waals surface area contributed by atoms with E-state index < -0.39 is 5.54 Å². The van der Waals surface area contributed by atoms with Crippen LogP contribution in [0.4, 0.5) is 5.69 Å². The lowest BCUT2D eigenvalue weighted by Gasteiger charge is -2.48. The van der Waals surface area contributed by atoms with Gasteiger partial charge in [-0.05, 0) is 24.6 Å². The van der Waals surface area contributed by atoms with Crippen LogP contribution in [0.15, 0.2) is 53.3 Å². The zero-order chi connectivity index (χ0) is 19.0. The summed E-state index contributed by atoms with van der Waals surface area (Å²) in [6, 6.07) is 11.1. The predicted molar refractivity (Wildman–Crippen MR) is 98.1 cm³/mol. The Morgan fingerprint density at radius 2 is 1.89 bits per heavy atom. The molecule has 4 rings (SSSR count). The summed E-state index contributed by atoms with van der Waals surface area (Å²) in [6.07, 6.45) is 3.53. The van der Waals surface area contributed by atoms with Crippen molar-refractivity contribution in [2.24, 2.45) is 0 Å². The molecule has 1 aromatic carbocycles. The Hall–Kier alpha value is -3.09. The van der Waals surface area contributed by atoms with Crippen LogP contribution in [0.1, 0.15) is 23.7 Å². The first-order chi connectivity index (χ1) is 13.0. The minimum absolute atomic E-state index is 0.0258. The van der Waals surface area contributed by atoms with Crippen molar-refractivity contribution >= 4 is 23.4 Å². The molecule has 0 radical (unpaired) electrons. The number of amides is 3. The van der Waals surface area contributed by atoms with E-state index in [0.717, 1.165) is 5.69 Å². The second-order valence-electron chi connectivity index (χ2n) is 7.13. The SMILES string of the molecule is CC(=O)N1CC(=O)N(c2ccccc2)C[C@]12CCN(C(=O)c1ccoc1)C2. The van der Waals surface area contributed by atoms with Gasteiger partial charge in [0.2, 0.25) is 11.8 Å². The average Bonchev–Trinajstić information content (AvgIpc) is 3.34. The van der Waals surface area contributed by atoms with Crippen molar-refractivity contribution in [3.8, 4) is 0 Å². The molecule has 27 heavy (non-hydrogen) atoms. The molecule has 0 aliphatic carbocycles.